The van der Waals surface area contributed by atoms with Crippen LogP contribution in [0.2, 0.25) is 0 Å². The van der Waals surface area contributed by atoms with Crippen molar-refractivity contribution in [2.24, 2.45) is 0 Å². The molecule has 0 aliphatic carbocycles. The summed E-state index contributed by atoms with van der Waals surface area (Å²) >= 11 is 0. The molecule has 86 valence electrons. The van der Waals surface area contributed by atoms with Crippen LogP contribution in [-0.4, -0.2) is 28.7 Å². The van der Waals surface area contributed by atoms with Gasteiger partial charge in [0.2, 0.25) is 0 Å². The molecule has 3 N–H and O–H groups in total. The van der Waals surface area contributed by atoms with E-state index in [1.165, 1.54) is 12.1 Å². The van der Waals surface area contributed by atoms with Gasteiger partial charge in [0.1, 0.15) is 0 Å². The van der Waals surface area contributed by atoms with E-state index in [0.717, 1.165) is 6.42 Å². The molecule has 1 aromatic carbocycles. The lowest BCUT2D eigenvalue weighted by atomic mass is 10.1. The van der Waals surface area contributed by atoms with Gasteiger partial charge in [0.15, 0.2) is 0 Å². The topological polar surface area (TPSA) is 86.6 Å². The maximum atomic E-state index is 11.0. The van der Waals surface area contributed by atoms with Crippen molar-refractivity contribution in [2.45, 2.75) is 13.3 Å². The molecule has 0 aliphatic rings. The van der Waals surface area contributed by atoms with Crippen LogP contribution in [0, 0.1) is 0 Å². The number of anilines is 1. The number of rotatable bonds is 5. The molecular formula is C11H13NO4. The highest BCUT2D eigenvalue weighted by atomic mass is 16.4. The lowest BCUT2D eigenvalue weighted by molar-refractivity contribution is 0.0652. The summed E-state index contributed by atoms with van der Waals surface area (Å²) in [6.45, 7) is 2.54. The van der Waals surface area contributed by atoms with Gasteiger partial charge < -0.3 is 15.5 Å². The third-order valence-corrected chi connectivity index (χ3v) is 2.07. The van der Waals surface area contributed by atoms with Crippen molar-refractivity contribution in [1.29, 1.82) is 0 Å². The zero-order chi connectivity index (χ0) is 12.1. The van der Waals surface area contributed by atoms with E-state index in [4.69, 9.17) is 10.2 Å². The first kappa shape index (κ1) is 12.0. The lowest BCUT2D eigenvalue weighted by Crippen LogP contribution is -2.12. The fourth-order valence-electron chi connectivity index (χ4n) is 1.37. The van der Waals surface area contributed by atoms with E-state index in [0.29, 0.717) is 12.2 Å². The maximum Gasteiger partial charge on any atom is 0.338 e. The first-order valence-electron chi connectivity index (χ1n) is 4.91. The summed E-state index contributed by atoms with van der Waals surface area (Å²) in [4.78, 5) is 21.9. The molecule has 0 unspecified atom stereocenters. The van der Waals surface area contributed by atoms with Gasteiger partial charge in [-0.3, -0.25) is 0 Å². The van der Waals surface area contributed by atoms with Crippen LogP contribution in [0.3, 0.4) is 0 Å². The SMILES string of the molecule is CCCNc1cccc(C(=O)O)c1C(=O)O. The number of nitrogens with one attached hydrogen (secondary N) is 1. The second-order valence-electron chi connectivity index (χ2n) is 3.27. The van der Waals surface area contributed by atoms with Gasteiger partial charge in [0, 0.05) is 12.2 Å². The molecule has 0 fully saturated rings. The van der Waals surface area contributed by atoms with Crippen molar-refractivity contribution >= 4 is 17.6 Å². The Morgan fingerprint density at radius 3 is 2.44 bits per heavy atom. The van der Waals surface area contributed by atoms with Gasteiger partial charge in [-0.25, -0.2) is 9.59 Å². The van der Waals surface area contributed by atoms with Gasteiger partial charge in [-0.15, -0.1) is 0 Å². The van der Waals surface area contributed by atoms with Gasteiger partial charge in [0.05, 0.1) is 11.1 Å². The van der Waals surface area contributed by atoms with E-state index in [1.54, 1.807) is 6.07 Å². The van der Waals surface area contributed by atoms with Crippen LogP contribution in [0.15, 0.2) is 18.2 Å². The molecule has 0 aliphatic heterocycles. The van der Waals surface area contributed by atoms with Crippen LogP contribution < -0.4 is 5.32 Å². The van der Waals surface area contributed by atoms with E-state index in [2.05, 4.69) is 5.32 Å². The predicted molar refractivity (Wildman–Crippen MR) is 59.1 cm³/mol. The third-order valence-electron chi connectivity index (χ3n) is 2.07. The van der Waals surface area contributed by atoms with Crippen LogP contribution in [0.5, 0.6) is 0 Å². The maximum absolute atomic E-state index is 11.0. The molecule has 0 saturated heterocycles. The number of carbonyl (C=O) groups is 2. The molecule has 1 aromatic rings. The molecular weight excluding hydrogens is 210 g/mol. The van der Waals surface area contributed by atoms with Crippen LogP contribution in [0.25, 0.3) is 0 Å². The largest absolute Gasteiger partial charge is 0.478 e. The Balaban J connectivity index is 3.21. The van der Waals surface area contributed by atoms with E-state index < -0.39 is 11.9 Å². The minimum atomic E-state index is -1.24. The Kier molecular flexibility index (Phi) is 3.88. The fourth-order valence-corrected chi connectivity index (χ4v) is 1.37. The van der Waals surface area contributed by atoms with Crippen LogP contribution >= 0.6 is 0 Å². The molecule has 0 amide bonds. The van der Waals surface area contributed by atoms with Gasteiger partial charge >= 0.3 is 11.9 Å². The minimum absolute atomic E-state index is 0.191. The molecule has 16 heavy (non-hydrogen) atoms. The third kappa shape index (κ3) is 2.50. The fraction of sp³-hybridized carbons (Fsp3) is 0.273. The Labute approximate surface area is 92.7 Å². The van der Waals surface area contributed by atoms with E-state index in [-0.39, 0.29) is 11.1 Å². The van der Waals surface area contributed by atoms with Crippen molar-refractivity contribution in [3.05, 3.63) is 29.3 Å². The number of aromatic carboxylic acids is 2. The summed E-state index contributed by atoms with van der Waals surface area (Å²) in [6, 6.07) is 4.36. The second-order valence-corrected chi connectivity index (χ2v) is 3.27. The molecule has 0 saturated carbocycles. The molecule has 0 heterocycles. The van der Waals surface area contributed by atoms with E-state index in [9.17, 15) is 9.59 Å². The Morgan fingerprint density at radius 1 is 1.25 bits per heavy atom. The number of carboxylic acid groups (broad SMARTS) is 2. The molecule has 0 bridgehead atoms. The number of hydrogen-bond donors (Lipinski definition) is 3. The normalized spacial score (nSPS) is 9.81. The van der Waals surface area contributed by atoms with E-state index in [1.807, 2.05) is 6.92 Å². The Bertz CT molecular complexity index is 414. The lowest BCUT2D eigenvalue weighted by Gasteiger charge is -2.10. The quantitative estimate of drug-likeness (QED) is 0.709. The van der Waals surface area contributed by atoms with Crippen molar-refractivity contribution in [1.82, 2.24) is 0 Å². The van der Waals surface area contributed by atoms with Crippen LogP contribution in [-0.2, 0) is 0 Å². The summed E-state index contributed by atoms with van der Waals surface area (Å²) in [6.07, 6.45) is 0.830. The Hall–Kier alpha value is -2.04. The van der Waals surface area contributed by atoms with Gasteiger partial charge in [-0.1, -0.05) is 13.0 Å². The number of carboxylic acids is 2. The summed E-state index contributed by atoms with van der Waals surface area (Å²) in [5.74, 6) is -2.48. The Morgan fingerprint density at radius 2 is 1.94 bits per heavy atom. The second kappa shape index (κ2) is 5.16. The average Bonchev–Trinajstić information content (AvgIpc) is 2.25. The number of hydrogen-bond acceptors (Lipinski definition) is 3. The standard InChI is InChI=1S/C11H13NO4/c1-2-6-12-8-5-3-4-7(10(13)14)9(8)11(15)16/h3-5,12H,2,6H2,1H3,(H,13,14)(H,15,16). The van der Waals surface area contributed by atoms with Crippen molar-refractivity contribution in [2.75, 3.05) is 11.9 Å². The zero-order valence-electron chi connectivity index (χ0n) is 8.86. The van der Waals surface area contributed by atoms with Crippen molar-refractivity contribution in [3.63, 3.8) is 0 Å². The highest BCUT2D eigenvalue weighted by Crippen LogP contribution is 2.20. The monoisotopic (exact) mass is 223 g/mol. The summed E-state index contributed by atoms with van der Waals surface area (Å²) in [5, 5.41) is 20.8. The highest BCUT2D eigenvalue weighted by molar-refractivity contribution is 6.05. The molecule has 0 spiro atoms. The van der Waals surface area contributed by atoms with Gasteiger partial charge in [-0.05, 0) is 18.6 Å². The van der Waals surface area contributed by atoms with Crippen molar-refractivity contribution < 1.29 is 19.8 Å². The molecule has 5 nitrogen and oxygen atoms in total. The van der Waals surface area contributed by atoms with Gasteiger partial charge in [0.25, 0.3) is 0 Å². The van der Waals surface area contributed by atoms with Crippen LogP contribution in [0.1, 0.15) is 34.1 Å². The summed E-state index contributed by atoms with van der Waals surface area (Å²) in [7, 11) is 0. The first-order chi connectivity index (χ1) is 7.57. The summed E-state index contributed by atoms with van der Waals surface area (Å²) < 4.78 is 0. The number of benzene rings is 1. The minimum Gasteiger partial charge on any atom is -0.478 e. The molecule has 5 heteroatoms. The molecule has 1 rings (SSSR count). The van der Waals surface area contributed by atoms with Crippen molar-refractivity contribution in [3.8, 4) is 0 Å². The molecule has 0 aromatic heterocycles. The van der Waals surface area contributed by atoms with Crippen LogP contribution in [0.4, 0.5) is 5.69 Å². The summed E-state index contributed by atoms with van der Waals surface area (Å²) in [5.41, 5.74) is -0.0497. The van der Waals surface area contributed by atoms with Gasteiger partial charge in [-0.2, -0.15) is 0 Å². The molecule has 0 atom stereocenters. The molecule has 0 radical (unpaired) electrons. The van der Waals surface area contributed by atoms with E-state index >= 15 is 0 Å². The first-order valence-corrected chi connectivity index (χ1v) is 4.91. The smallest absolute Gasteiger partial charge is 0.338 e. The highest BCUT2D eigenvalue weighted by Gasteiger charge is 2.19. The zero-order valence-corrected chi connectivity index (χ0v) is 8.86. The average molecular weight is 223 g/mol. The predicted octanol–water partition coefficient (Wildman–Crippen LogP) is 1.90.